The van der Waals surface area contributed by atoms with Gasteiger partial charge in [-0.1, -0.05) is 0 Å². The molecule has 6 rings (SSSR count). The zero-order valence-electron chi connectivity index (χ0n) is 21.1. The number of aromatic amines is 1. The molecule has 7 N–H and O–H groups in total. The van der Waals surface area contributed by atoms with Crippen LogP contribution >= 0.6 is 7.60 Å². The molecule has 2 aliphatic rings. The highest BCUT2D eigenvalue weighted by molar-refractivity contribution is 7.53. The Bertz CT molecular complexity index is 1660. The first-order valence-corrected chi connectivity index (χ1v) is 14.3. The predicted octanol–water partition coefficient (Wildman–Crippen LogP) is -0.723. The maximum absolute atomic E-state index is 13.3. The first-order chi connectivity index (χ1) is 19.1. The third kappa shape index (κ3) is 4.83. The van der Waals surface area contributed by atoms with Gasteiger partial charge in [0.05, 0.1) is 38.1 Å². The summed E-state index contributed by atoms with van der Waals surface area (Å²) in [6.07, 6.45) is -0.222. The number of nitrogens with two attached hydrogens (primary N) is 2. The van der Waals surface area contributed by atoms with Crippen molar-refractivity contribution in [2.75, 3.05) is 31.3 Å². The van der Waals surface area contributed by atoms with Crippen LogP contribution in [0.15, 0.2) is 23.8 Å². The van der Waals surface area contributed by atoms with Crippen LogP contribution < -0.4 is 17.0 Å². The standard InChI is InChI=1S/C21H27N10O8P/c1-40(35,39-10-3-14(37-11(10)4-32)30-7-26-15-17(22)24-6-25-18(15)30)36-5-12-9(33)2-13(38-12)31-8-27-16-19(31)28-21(23)29-20(16)34/h6-14,32-33H,2-5H2,1H3,(H2,22,24,25)(H3,23,28,29,34)/t9?,10?,11-,12-,13-,14-,40?/m1/s1. The lowest BCUT2D eigenvalue weighted by atomic mass is 10.2. The fourth-order valence-electron chi connectivity index (χ4n) is 4.90. The average Bonchev–Trinajstić information content (AvgIpc) is 3.67. The summed E-state index contributed by atoms with van der Waals surface area (Å²) in [4.78, 5) is 34.9. The maximum Gasteiger partial charge on any atom is 0.328 e. The quantitative estimate of drug-likeness (QED) is 0.162. The van der Waals surface area contributed by atoms with Crippen molar-refractivity contribution in [3.05, 3.63) is 29.3 Å². The SMILES string of the molecule is CP(=O)(OC[C@H]1O[C@@H](n2cnc3c(=O)[nH]c(N)nc32)CC1O)OC1C[C@H](n2cnc3c(N)ncnc32)O[C@@H]1CO. The van der Waals surface area contributed by atoms with Gasteiger partial charge in [-0.3, -0.25) is 23.5 Å². The van der Waals surface area contributed by atoms with E-state index in [0.717, 1.165) is 0 Å². The van der Waals surface area contributed by atoms with Gasteiger partial charge < -0.3 is 40.2 Å². The zero-order chi connectivity index (χ0) is 28.2. The number of ether oxygens (including phenoxy) is 2. The Balaban J connectivity index is 1.10. The van der Waals surface area contributed by atoms with E-state index >= 15 is 0 Å². The molecule has 0 aromatic carbocycles. The van der Waals surface area contributed by atoms with Crippen molar-refractivity contribution in [2.45, 2.75) is 49.7 Å². The molecule has 0 radical (unpaired) electrons. The third-order valence-electron chi connectivity index (χ3n) is 6.82. The van der Waals surface area contributed by atoms with Gasteiger partial charge in [-0.2, -0.15) is 4.98 Å². The highest BCUT2D eigenvalue weighted by atomic mass is 31.2. The van der Waals surface area contributed by atoms with Gasteiger partial charge in [0.1, 0.15) is 36.5 Å². The lowest BCUT2D eigenvalue weighted by Gasteiger charge is -2.23. The van der Waals surface area contributed by atoms with E-state index in [4.69, 9.17) is 30.0 Å². The summed E-state index contributed by atoms with van der Waals surface area (Å²) in [5.74, 6) is 0.133. The second-order valence-corrected chi connectivity index (χ2v) is 11.6. The lowest BCUT2D eigenvalue weighted by Crippen LogP contribution is -2.29. The number of anilines is 2. The zero-order valence-corrected chi connectivity index (χ0v) is 22.0. The van der Waals surface area contributed by atoms with Gasteiger partial charge >= 0.3 is 7.60 Å². The number of rotatable bonds is 8. The van der Waals surface area contributed by atoms with Gasteiger partial charge in [0, 0.05) is 19.5 Å². The van der Waals surface area contributed by atoms with Crippen LogP contribution in [0.5, 0.6) is 0 Å². The van der Waals surface area contributed by atoms with E-state index in [-0.39, 0.29) is 42.4 Å². The van der Waals surface area contributed by atoms with Crippen molar-refractivity contribution >= 4 is 41.7 Å². The summed E-state index contributed by atoms with van der Waals surface area (Å²) >= 11 is 0. The Kier molecular flexibility index (Phi) is 6.78. The molecule has 2 aliphatic heterocycles. The molecule has 0 amide bonds. The van der Waals surface area contributed by atoms with Crippen LogP contribution in [-0.2, 0) is 23.1 Å². The van der Waals surface area contributed by atoms with Crippen LogP contribution in [0.2, 0.25) is 0 Å². The van der Waals surface area contributed by atoms with E-state index in [1.54, 1.807) is 4.57 Å². The van der Waals surface area contributed by atoms with E-state index in [9.17, 15) is 19.6 Å². The van der Waals surface area contributed by atoms with Gasteiger partial charge in [0.15, 0.2) is 22.6 Å². The molecule has 0 saturated carbocycles. The molecule has 0 bridgehead atoms. The minimum Gasteiger partial charge on any atom is -0.394 e. The topological polar surface area (TPSA) is 254 Å². The molecule has 0 spiro atoms. The normalized spacial score (nSPS) is 28.5. The van der Waals surface area contributed by atoms with E-state index in [0.29, 0.717) is 11.2 Å². The van der Waals surface area contributed by atoms with Gasteiger partial charge in [0.25, 0.3) is 5.56 Å². The number of nitrogens with zero attached hydrogens (tertiary/aromatic N) is 7. The summed E-state index contributed by atoms with van der Waals surface area (Å²) in [6.45, 7) is 0.644. The summed E-state index contributed by atoms with van der Waals surface area (Å²) < 4.78 is 39.6. The molecule has 19 heteroatoms. The van der Waals surface area contributed by atoms with E-state index in [2.05, 4.69) is 29.9 Å². The van der Waals surface area contributed by atoms with Gasteiger partial charge in [-0.25, -0.2) is 19.9 Å². The molecule has 214 valence electrons. The van der Waals surface area contributed by atoms with Crippen LogP contribution in [0.3, 0.4) is 0 Å². The number of nitrogen functional groups attached to an aromatic ring is 2. The molecule has 40 heavy (non-hydrogen) atoms. The number of H-pyrrole nitrogens is 1. The number of aromatic nitrogens is 8. The molecule has 7 atom stereocenters. The fraction of sp³-hybridized carbons (Fsp3) is 0.524. The van der Waals surface area contributed by atoms with Crippen molar-refractivity contribution < 1.29 is 33.3 Å². The number of hydrogen-bond donors (Lipinski definition) is 5. The summed E-state index contributed by atoms with van der Waals surface area (Å²) in [5.41, 5.74) is 12.1. The fourth-order valence-corrected chi connectivity index (χ4v) is 6.09. The van der Waals surface area contributed by atoms with E-state index < -0.39 is 56.6 Å². The number of aliphatic hydroxyl groups is 2. The van der Waals surface area contributed by atoms with Crippen LogP contribution in [0.4, 0.5) is 11.8 Å². The molecule has 18 nitrogen and oxygen atoms in total. The van der Waals surface area contributed by atoms with E-state index in [1.807, 2.05) is 0 Å². The molecule has 4 aromatic rings. The summed E-state index contributed by atoms with van der Waals surface area (Å²) in [6, 6.07) is 0. The van der Waals surface area contributed by atoms with Crippen LogP contribution in [0.25, 0.3) is 22.3 Å². The Morgan fingerprint density at radius 2 is 1.77 bits per heavy atom. The minimum absolute atomic E-state index is 0.0774. The molecule has 4 aromatic heterocycles. The van der Waals surface area contributed by atoms with Crippen molar-refractivity contribution in [3.8, 4) is 0 Å². The average molecular weight is 578 g/mol. The second-order valence-electron chi connectivity index (χ2n) is 9.55. The summed E-state index contributed by atoms with van der Waals surface area (Å²) in [5, 5.41) is 20.5. The number of imidazole rings is 2. The Morgan fingerprint density at radius 1 is 1.07 bits per heavy atom. The van der Waals surface area contributed by atoms with Crippen molar-refractivity contribution in [1.82, 2.24) is 39.0 Å². The Morgan fingerprint density at radius 3 is 2.55 bits per heavy atom. The smallest absolute Gasteiger partial charge is 0.328 e. The molecule has 2 fully saturated rings. The van der Waals surface area contributed by atoms with Crippen LogP contribution in [0.1, 0.15) is 25.3 Å². The largest absolute Gasteiger partial charge is 0.394 e. The second kappa shape index (κ2) is 10.2. The number of hydrogen-bond acceptors (Lipinski definition) is 15. The molecule has 0 aliphatic carbocycles. The number of fused-ring (bicyclic) bond motifs is 2. The highest BCUT2D eigenvalue weighted by Crippen LogP contribution is 2.49. The molecule has 6 heterocycles. The first kappa shape index (κ1) is 26.7. The third-order valence-corrected chi connectivity index (χ3v) is 8.09. The Labute approximate surface area is 224 Å². The monoisotopic (exact) mass is 578 g/mol. The first-order valence-electron chi connectivity index (χ1n) is 12.3. The summed E-state index contributed by atoms with van der Waals surface area (Å²) in [7, 11) is -3.71. The van der Waals surface area contributed by atoms with Crippen molar-refractivity contribution in [3.63, 3.8) is 0 Å². The number of nitrogens with one attached hydrogen (secondary N) is 1. The van der Waals surface area contributed by atoms with Crippen molar-refractivity contribution in [2.24, 2.45) is 0 Å². The Hall–Kier alpha value is -3.51. The van der Waals surface area contributed by atoms with Crippen molar-refractivity contribution in [1.29, 1.82) is 0 Å². The lowest BCUT2D eigenvalue weighted by molar-refractivity contribution is -0.0496. The van der Waals surface area contributed by atoms with Crippen LogP contribution in [-0.4, -0.2) is 93.5 Å². The van der Waals surface area contributed by atoms with Crippen LogP contribution in [0, 0.1) is 0 Å². The van der Waals surface area contributed by atoms with E-state index in [1.165, 1.54) is 30.2 Å². The maximum atomic E-state index is 13.3. The molecule has 2 saturated heterocycles. The molecular weight excluding hydrogens is 551 g/mol. The minimum atomic E-state index is -3.71. The van der Waals surface area contributed by atoms with Gasteiger partial charge in [-0.15, -0.1) is 0 Å². The number of aliphatic hydroxyl groups excluding tert-OH is 2. The van der Waals surface area contributed by atoms with Gasteiger partial charge in [-0.05, 0) is 0 Å². The predicted molar refractivity (Wildman–Crippen MR) is 137 cm³/mol. The molecule has 3 unspecified atom stereocenters. The highest BCUT2D eigenvalue weighted by Gasteiger charge is 2.42. The molecular formula is C21H27N10O8P. The van der Waals surface area contributed by atoms with Gasteiger partial charge in [0.2, 0.25) is 5.95 Å².